The van der Waals surface area contributed by atoms with E-state index >= 15 is 0 Å². The molecule has 0 saturated heterocycles. The van der Waals surface area contributed by atoms with Crippen LogP contribution < -0.4 is 10.2 Å². The van der Waals surface area contributed by atoms with Crippen LogP contribution in [0.4, 0.5) is 21.1 Å². The van der Waals surface area contributed by atoms with Crippen molar-refractivity contribution in [2.45, 2.75) is 72.2 Å². The lowest BCUT2D eigenvalue weighted by Gasteiger charge is -2.36. The molecule has 3 rings (SSSR count). The van der Waals surface area contributed by atoms with Gasteiger partial charge in [-0.1, -0.05) is 55.8 Å². The molecule has 2 heterocycles. The van der Waals surface area contributed by atoms with Crippen LogP contribution in [0.3, 0.4) is 0 Å². The first-order valence-corrected chi connectivity index (χ1v) is 13.0. The van der Waals surface area contributed by atoms with Crippen LogP contribution in [0, 0.1) is 0 Å². The smallest absolute Gasteiger partial charge is 0.410 e. The molecule has 0 saturated carbocycles. The van der Waals surface area contributed by atoms with Crippen molar-refractivity contribution in [1.29, 1.82) is 0 Å². The fraction of sp³-hybridized carbons (Fsp3) is 0.448. The summed E-state index contributed by atoms with van der Waals surface area (Å²) in [5, 5.41) is 2.81. The van der Waals surface area contributed by atoms with Gasteiger partial charge in [0.1, 0.15) is 17.5 Å². The van der Waals surface area contributed by atoms with Gasteiger partial charge < -0.3 is 15.0 Å². The van der Waals surface area contributed by atoms with Gasteiger partial charge in [0.2, 0.25) is 5.91 Å². The summed E-state index contributed by atoms with van der Waals surface area (Å²) in [6.07, 6.45) is 5.48. The van der Waals surface area contributed by atoms with Gasteiger partial charge in [0.15, 0.2) is 0 Å². The number of hydrogen-bond donors (Lipinski definition) is 1. The van der Waals surface area contributed by atoms with E-state index in [-0.39, 0.29) is 6.03 Å². The molecule has 0 fully saturated rings. The lowest BCUT2D eigenvalue weighted by atomic mass is 10.1. The van der Waals surface area contributed by atoms with Crippen LogP contribution in [0.2, 0.25) is 0 Å². The van der Waals surface area contributed by atoms with E-state index in [2.05, 4.69) is 18.3 Å². The molecule has 1 aromatic heterocycles. The number of carbonyl (C=O) groups is 3. The van der Waals surface area contributed by atoms with Crippen molar-refractivity contribution in [1.82, 2.24) is 14.8 Å². The summed E-state index contributed by atoms with van der Waals surface area (Å²) in [5.74, 6) is -0.0353. The molecule has 1 atom stereocenters. The maximum absolute atomic E-state index is 13.4. The summed E-state index contributed by atoms with van der Waals surface area (Å²) < 4.78 is 5.37. The van der Waals surface area contributed by atoms with Crippen molar-refractivity contribution < 1.29 is 19.1 Å². The molecule has 9 heteroatoms. The Morgan fingerprint density at radius 3 is 2.53 bits per heavy atom. The number of aromatic nitrogens is 1. The zero-order valence-electron chi connectivity index (χ0n) is 23.2. The van der Waals surface area contributed by atoms with E-state index in [9.17, 15) is 14.4 Å². The minimum Gasteiger partial charge on any atom is -0.444 e. The highest BCUT2D eigenvalue weighted by Gasteiger charge is 2.32. The van der Waals surface area contributed by atoms with Crippen LogP contribution in [0.25, 0.3) is 0 Å². The first-order chi connectivity index (χ1) is 18.0. The Labute approximate surface area is 225 Å². The van der Waals surface area contributed by atoms with Gasteiger partial charge in [-0.15, -0.1) is 0 Å². The van der Waals surface area contributed by atoms with E-state index < -0.39 is 23.6 Å². The zero-order chi connectivity index (χ0) is 27.9. The molecule has 1 aliphatic heterocycles. The summed E-state index contributed by atoms with van der Waals surface area (Å²) >= 11 is 0. The third kappa shape index (κ3) is 7.57. The number of nitrogens with one attached hydrogen (secondary N) is 1. The van der Waals surface area contributed by atoms with Crippen molar-refractivity contribution >= 4 is 29.5 Å². The zero-order valence-corrected chi connectivity index (χ0v) is 23.2. The fourth-order valence-corrected chi connectivity index (χ4v) is 3.91. The highest BCUT2D eigenvalue weighted by atomic mass is 16.6. The van der Waals surface area contributed by atoms with Crippen LogP contribution in [-0.4, -0.2) is 58.1 Å². The second-order valence-corrected chi connectivity index (χ2v) is 10.4. The van der Waals surface area contributed by atoms with Gasteiger partial charge in [0.05, 0.1) is 17.9 Å². The number of unbranched alkanes of at least 4 members (excludes halogenated alkanes) is 1. The molecule has 0 spiro atoms. The number of pyridine rings is 1. The first kappa shape index (κ1) is 28.7. The van der Waals surface area contributed by atoms with Crippen molar-refractivity contribution in [2.24, 2.45) is 0 Å². The standard InChI is InChI=1S/C29H39N5O4/c1-7-8-9-13-18-34-24-16-17-25(31-26(35)21(2)32(6)28(37)38-29(3,4)5)30-23(24)20-33(27(34)36)19-22-14-11-10-12-15-22/h9-17,21H,7-8,18-20H2,1-6H3,(H,30,31,35). The Hall–Kier alpha value is -3.88. The number of ether oxygens (including phenoxy) is 1. The number of rotatable bonds is 9. The molecule has 38 heavy (non-hydrogen) atoms. The molecule has 0 radical (unpaired) electrons. The van der Waals surface area contributed by atoms with E-state index in [1.807, 2.05) is 42.5 Å². The van der Waals surface area contributed by atoms with Crippen molar-refractivity contribution in [3.8, 4) is 0 Å². The second-order valence-electron chi connectivity index (χ2n) is 10.4. The van der Waals surface area contributed by atoms with Crippen LogP contribution in [0.5, 0.6) is 0 Å². The molecule has 1 unspecified atom stereocenters. The van der Waals surface area contributed by atoms with E-state index in [0.29, 0.717) is 31.1 Å². The number of anilines is 2. The highest BCUT2D eigenvalue weighted by Crippen LogP contribution is 2.30. The summed E-state index contributed by atoms with van der Waals surface area (Å²) in [7, 11) is 1.52. The maximum atomic E-state index is 13.4. The minimum absolute atomic E-state index is 0.0892. The number of carbonyl (C=O) groups excluding carboxylic acids is 3. The van der Waals surface area contributed by atoms with Gasteiger partial charge in [-0.25, -0.2) is 14.6 Å². The Kier molecular flexibility index (Phi) is 9.50. The van der Waals surface area contributed by atoms with Crippen LogP contribution in [0.1, 0.15) is 58.7 Å². The van der Waals surface area contributed by atoms with Crippen molar-refractivity contribution in [2.75, 3.05) is 23.8 Å². The Balaban J connectivity index is 1.80. The second kappa shape index (κ2) is 12.6. The largest absolute Gasteiger partial charge is 0.444 e. The molecule has 1 N–H and O–H groups in total. The number of fused-ring (bicyclic) bond motifs is 1. The monoisotopic (exact) mass is 521 g/mol. The van der Waals surface area contributed by atoms with Crippen LogP contribution in [-0.2, 0) is 22.6 Å². The molecular formula is C29H39N5O4. The molecule has 204 valence electrons. The number of hydrogen-bond acceptors (Lipinski definition) is 5. The lowest BCUT2D eigenvalue weighted by Crippen LogP contribution is -2.47. The first-order valence-electron chi connectivity index (χ1n) is 13.0. The number of amides is 4. The maximum Gasteiger partial charge on any atom is 0.410 e. The van der Waals surface area contributed by atoms with Gasteiger partial charge >= 0.3 is 12.1 Å². The van der Waals surface area contributed by atoms with E-state index in [1.54, 1.807) is 43.6 Å². The van der Waals surface area contributed by atoms with Crippen LogP contribution >= 0.6 is 0 Å². The fourth-order valence-electron chi connectivity index (χ4n) is 3.91. The van der Waals surface area contributed by atoms with Gasteiger partial charge in [-0.05, 0) is 51.8 Å². The number of benzene rings is 1. The Morgan fingerprint density at radius 1 is 1.16 bits per heavy atom. The Bertz CT molecular complexity index is 1160. The van der Waals surface area contributed by atoms with Crippen molar-refractivity contribution in [3.05, 3.63) is 65.9 Å². The van der Waals surface area contributed by atoms with E-state index in [1.165, 1.54) is 11.9 Å². The minimum atomic E-state index is -0.779. The quantitative estimate of drug-likeness (QED) is 0.435. The molecule has 9 nitrogen and oxygen atoms in total. The van der Waals surface area contributed by atoms with Crippen LogP contribution in [0.15, 0.2) is 54.6 Å². The predicted octanol–water partition coefficient (Wildman–Crippen LogP) is 5.57. The average molecular weight is 522 g/mol. The summed E-state index contributed by atoms with van der Waals surface area (Å²) in [6.45, 7) is 10.3. The number of nitrogens with zero attached hydrogens (tertiary/aromatic N) is 4. The molecule has 0 aliphatic carbocycles. The van der Waals surface area contributed by atoms with E-state index in [0.717, 1.165) is 24.1 Å². The molecule has 2 aromatic rings. The van der Waals surface area contributed by atoms with Gasteiger partial charge in [0, 0.05) is 20.1 Å². The summed E-state index contributed by atoms with van der Waals surface area (Å²) in [4.78, 5) is 48.2. The summed E-state index contributed by atoms with van der Waals surface area (Å²) in [6, 6.07) is 12.4. The molecule has 1 aliphatic rings. The van der Waals surface area contributed by atoms with Gasteiger partial charge in [0.25, 0.3) is 0 Å². The topological polar surface area (TPSA) is 95.1 Å². The number of allylic oxidation sites excluding steroid dienone is 1. The lowest BCUT2D eigenvalue weighted by molar-refractivity contribution is -0.120. The average Bonchev–Trinajstić information content (AvgIpc) is 2.87. The van der Waals surface area contributed by atoms with Gasteiger partial charge in [-0.2, -0.15) is 0 Å². The molecule has 0 bridgehead atoms. The predicted molar refractivity (Wildman–Crippen MR) is 149 cm³/mol. The van der Waals surface area contributed by atoms with Gasteiger partial charge in [-0.3, -0.25) is 14.6 Å². The third-order valence-corrected chi connectivity index (χ3v) is 6.10. The number of urea groups is 1. The molecule has 4 amide bonds. The molecule has 1 aromatic carbocycles. The number of likely N-dealkylation sites (N-methyl/N-ethyl adjacent to an activating group) is 1. The van der Waals surface area contributed by atoms with E-state index in [4.69, 9.17) is 9.72 Å². The van der Waals surface area contributed by atoms with Crippen molar-refractivity contribution in [3.63, 3.8) is 0 Å². The normalized spacial score (nSPS) is 14.3. The summed E-state index contributed by atoms with van der Waals surface area (Å²) in [5.41, 5.74) is 1.77. The molecular weight excluding hydrogens is 482 g/mol. The SMILES string of the molecule is CCCC=CCN1C(=O)N(Cc2ccccc2)Cc2nc(NC(=O)C(C)N(C)C(=O)OC(C)(C)C)ccc21. The Morgan fingerprint density at radius 2 is 1.87 bits per heavy atom. The third-order valence-electron chi connectivity index (χ3n) is 6.10. The highest BCUT2D eigenvalue weighted by molar-refractivity contribution is 5.97.